The van der Waals surface area contributed by atoms with Crippen molar-refractivity contribution in [2.75, 3.05) is 5.32 Å². The lowest BCUT2D eigenvalue weighted by atomic mass is 9.81. The number of Topliss-reactive ketones (excluding diaryl/α,β-unsaturated/α-hetero) is 1. The van der Waals surface area contributed by atoms with E-state index in [1.165, 1.54) is 11.3 Å². The minimum Gasteiger partial charge on any atom is -0.488 e. The maximum absolute atomic E-state index is 12.4. The molecule has 0 unspecified atom stereocenters. The number of aromatic nitrogens is 2. The Morgan fingerprint density at radius 1 is 1.11 bits per heavy atom. The molecule has 2 heterocycles. The molecule has 6 nitrogen and oxygen atoms in total. The summed E-state index contributed by atoms with van der Waals surface area (Å²) < 4.78 is 6.06. The van der Waals surface area contributed by atoms with Crippen LogP contribution in [-0.4, -0.2) is 27.8 Å². The number of amides is 1. The SMILES string of the molecule is O=C(Nc1nc(C(=O)C2CC2)cs1)C1CC(Oc2cccc3cccnc23)C1. The third-order valence-corrected chi connectivity index (χ3v) is 6.05. The molecule has 5 rings (SSSR count). The molecule has 2 saturated carbocycles. The monoisotopic (exact) mass is 393 g/mol. The van der Waals surface area contributed by atoms with Gasteiger partial charge in [-0.2, -0.15) is 0 Å². The number of carbonyl (C=O) groups is 2. The number of hydrogen-bond acceptors (Lipinski definition) is 6. The van der Waals surface area contributed by atoms with Crippen molar-refractivity contribution < 1.29 is 14.3 Å². The number of hydrogen-bond donors (Lipinski definition) is 1. The number of carbonyl (C=O) groups excluding carboxylic acids is 2. The fourth-order valence-electron chi connectivity index (χ4n) is 3.43. The summed E-state index contributed by atoms with van der Waals surface area (Å²) in [6.07, 6.45) is 4.98. The van der Waals surface area contributed by atoms with Gasteiger partial charge in [0.05, 0.1) is 0 Å². The number of fused-ring (bicyclic) bond motifs is 1. The Hall–Kier alpha value is -2.80. The Balaban J connectivity index is 1.16. The highest BCUT2D eigenvalue weighted by molar-refractivity contribution is 7.14. The zero-order valence-electron chi connectivity index (χ0n) is 15.1. The van der Waals surface area contributed by atoms with Gasteiger partial charge in [0.1, 0.15) is 23.1 Å². The van der Waals surface area contributed by atoms with E-state index < -0.39 is 0 Å². The number of ether oxygens (including phenoxy) is 1. The summed E-state index contributed by atoms with van der Waals surface area (Å²) >= 11 is 1.30. The molecule has 28 heavy (non-hydrogen) atoms. The van der Waals surface area contributed by atoms with E-state index in [0.29, 0.717) is 23.7 Å². The first kappa shape index (κ1) is 17.3. The van der Waals surface area contributed by atoms with Gasteiger partial charge < -0.3 is 10.1 Å². The Morgan fingerprint density at radius 3 is 2.75 bits per heavy atom. The van der Waals surface area contributed by atoms with Crippen molar-refractivity contribution in [2.24, 2.45) is 11.8 Å². The molecule has 0 radical (unpaired) electrons. The maximum atomic E-state index is 12.4. The highest BCUT2D eigenvalue weighted by Crippen LogP contribution is 2.35. The summed E-state index contributed by atoms with van der Waals surface area (Å²) in [5, 5.41) is 6.11. The third-order valence-electron chi connectivity index (χ3n) is 5.29. The molecule has 0 bridgehead atoms. The Morgan fingerprint density at radius 2 is 1.93 bits per heavy atom. The van der Waals surface area contributed by atoms with Crippen molar-refractivity contribution in [1.29, 1.82) is 0 Å². The number of rotatable bonds is 6. The molecular weight excluding hydrogens is 374 g/mol. The lowest BCUT2D eigenvalue weighted by Gasteiger charge is -2.34. The third kappa shape index (κ3) is 3.38. The van der Waals surface area contributed by atoms with Crippen molar-refractivity contribution in [3.05, 3.63) is 47.6 Å². The van der Waals surface area contributed by atoms with Crippen LogP contribution >= 0.6 is 11.3 Å². The summed E-state index contributed by atoms with van der Waals surface area (Å²) in [6, 6.07) is 9.77. The second-order valence-corrected chi connectivity index (χ2v) is 8.26. The molecular formula is C21H19N3O3S. The van der Waals surface area contributed by atoms with Crippen LogP contribution in [0.1, 0.15) is 36.2 Å². The molecule has 0 atom stereocenters. The van der Waals surface area contributed by atoms with Crippen LogP contribution in [0.25, 0.3) is 10.9 Å². The van der Waals surface area contributed by atoms with Gasteiger partial charge in [0, 0.05) is 28.8 Å². The van der Waals surface area contributed by atoms with Crippen LogP contribution in [0, 0.1) is 11.8 Å². The predicted molar refractivity (Wildman–Crippen MR) is 107 cm³/mol. The molecule has 142 valence electrons. The molecule has 1 aromatic carbocycles. The fourth-order valence-corrected chi connectivity index (χ4v) is 4.14. The smallest absolute Gasteiger partial charge is 0.229 e. The molecule has 2 aromatic heterocycles. The zero-order valence-corrected chi connectivity index (χ0v) is 15.9. The summed E-state index contributed by atoms with van der Waals surface area (Å²) in [7, 11) is 0. The fraction of sp³-hybridized carbons (Fsp3) is 0.333. The van der Waals surface area contributed by atoms with Crippen LogP contribution in [0.5, 0.6) is 5.75 Å². The molecule has 2 aliphatic carbocycles. The lowest BCUT2D eigenvalue weighted by molar-refractivity contribution is -0.125. The maximum Gasteiger partial charge on any atom is 0.229 e. The molecule has 1 N–H and O–H groups in total. The first-order valence-corrected chi connectivity index (χ1v) is 10.4. The van der Waals surface area contributed by atoms with Gasteiger partial charge in [-0.15, -0.1) is 11.3 Å². The van der Waals surface area contributed by atoms with Gasteiger partial charge in [-0.25, -0.2) is 4.98 Å². The largest absolute Gasteiger partial charge is 0.488 e. The molecule has 0 aliphatic heterocycles. The average molecular weight is 393 g/mol. The summed E-state index contributed by atoms with van der Waals surface area (Å²) in [5.41, 5.74) is 1.31. The van der Waals surface area contributed by atoms with Crippen molar-refractivity contribution in [1.82, 2.24) is 9.97 Å². The van der Waals surface area contributed by atoms with Crippen LogP contribution in [0.2, 0.25) is 0 Å². The van der Waals surface area contributed by atoms with Crippen LogP contribution < -0.4 is 10.1 Å². The molecule has 3 aromatic rings. The van der Waals surface area contributed by atoms with Crippen molar-refractivity contribution in [2.45, 2.75) is 31.8 Å². The number of anilines is 1. The van der Waals surface area contributed by atoms with E-state index in [4.69, 9.17) is 4.74 Å². The van der Waals surface area contributed by atoms with Gasteiger partial charge in [0.15, 0.2) is 10.9 Å². The highest BCUT2D eigenvalue weighted by Gasteiger charge is 2.37. The number of ketones is 1. The summed E-state index contributed by atoms with van der Waals surface area (Å²) in [5.74, 6) is 0.830. The van der Waals surface area contributed by atoms with Crippen LogP contribution in [0.3, 0.4) is 0 Å². The number of benzene rings is 1. The molecule has 0 saturated heterocycles. The number of para-hydroxylation sites is 1. The van der Waals surface area contributed by atoms with Crippen LogP contribution in [0.4, 0.5) is 5.13 Å². The second kappa shape index (κ2) is 6.98. The summed E-state index contributed by atoms with van der Waals surface area (Å²) in [4.78, 5) is 33.1. The molecule has 1 amide bonds. The average Bonchev–Trinajstić information content (AvgIpc) is 3.43. The Labute approximate surface area is 166 Å². The molecule has 0 spiro atoms. The van der Waals surface area contributed by atoms with Gasteiger partial charge >= 0.3 is 0 Å². The van der Waals surface area contributed by atoms with Gasteiger partial charge in [-0.05, 0) is 37.8 Å². The van der Waals surface area contributed by atoms with E-state index >= 15 is 0 Å². The first-order chi connectivity index (χ1) is 13.7. The van der Waals surface area contributed by atoms with E-state index in [1.54, 1.807) is 11.6 Å². The summed E-state index contributed by atoms with van der Waals surface area (Å²) in [6.45, 7) is 0. The van der Waals surface area contributed by atoms with E-state index in [0.717, 1.165) is 29.5 Å². The van der Waals surface area contributed by atoms with Crippen LogP contribution in [0.15, 0.2) is 41.9 Å². The number of pyridine rings is 1. The van der Waals surface area contributed by atoms with Crippen molar-refractivity contribution >= 4 is 39.1 Å². The van der Waals surface area contributed by atoms with Crippen molar-refractivity contribution in [3.63, 3.8) is 0 Å². The van der Waals surface area contributed by atoms with Gasteiger partial charge in [-0.1, -0.05) is 18.2 Å². The van der Waals surface area contributed by atoms with E-state index in [-0.39, 0.29) is 29.6 Å². The highest BCUT2D eigenvalue weighted by atomic mass is 32.1. The normalized spacial score (nSPS) is 21.1. The first-order valence-electron chi connectivity index (χ1n) is 9.48. The minimum absolute atomic E-state index is 0.00616. The lowest BCUT2D eigenvalue weighted by Crippen LogP contribution is -2.40. The van der Waals surface area contributed by atoms with Gasteiger partial charge in [0.2, 0.25) is 5.91 Å². The minimum atomic E-state index is -0.0978. The quantitative estimate of drug-likeness (QED) is 0.638. The molecule has 7 heteroatoms. The van der Waals surface area contributed by atoms with Gasteiger partial charge in [-0.3, -0.25) is 14.6 Å². The van der Waals surface area contributed by atoms with Gasteiger partial charge in [0.25, 0.3) is 0 Å². The number of nitrogens with one attached hydrogen (secondary N) is 1. The second-order valence-electron chi connectivity index (χ2n) is 7.41. The Kier molecular flexibility index (Phi) is 4.31. The topological polar surface area (TPSA) is 81.2 Å². The van der Waals surface area contributed by atoms with Crippen molar-refractivity contribution in [3.8, 4) is 5.75 Å². The Bertz CT molecular complexity index is 1050. The zero-order chi connectivity index (χ0) is 19.1. The van der Waals surface area contributed by atoms with E-state index in [9.17, 15) is 9.59 Å². The number of nitrogens with zero attached hydrogens (tertiary/aromatic N) is 2. The van der Waals surface area contributed by atoms with Crippen LogP contribution in [-0.2, 0) is 4.79 Å². The number of thiazole rings is 1. The predicted octanol–water partition coefficient (Wildman–Crippen LogP) is 4.08. The van der Waals surface area contributed by atoms with E-state index in [1.807, 2.05) is 30.3 Å². The molecule has 2 aliphatic rings. The standard InChI is InChI=1S/C21H19N3O3S/c25-19(13-6-7-13)16-11-28-21(23-16)24-20(26)14-9-15(10-14)27-17-5-1-3-12-4-2-8-22-18(12)17/h1-5,8,11,13-15H,6-7,9-10H2,(H,23,24,26). The molecule has 2 fully saturated rings. The van der Waals surface area contributed by atoms with E-state index in [2.05, 4.69) is 15.3 Å².